The maximum Gasteiger partial charge on any atom is 0.260 e. The van der Waals surface area contributed by atoms with E-state index in [2.05, 4.69) is 4.98 Å². The summed E-state index contributed by atoms with van der Waals surface area (Å²) >= 11 is 1.37. The minimum atomic E-state index is -0.0361. The summed E-state index contributed by atoms with van der Waals surface area (Å²) in [5.41, 5.74) is 7.65. The molecule has 2 rings (SSSR count). The van der Waals surface area contributed by atoms with E-state index in [-0.39, 0.29) is 5.78 Å². The van der Waals surface area contributed by atoms with Crippen LogP contribution in [0.1, 0.15) is 23.0 Å². The third-order valence-electron chi connectivity index (χ3n) is 2.21. The lowest BCUT2D eigenvalue weighted by atomic mass is 10.1. The van der Waals surface area contributed by atoms with Gasteiger partial charge in [0.1, 0.15) is 6.26 Å². The molecule has 1 heterocycles. The molecule has 0 aliphatic carbocycles. The van der Waals surface area contributed by atoms with Crippen LogP contribution in [-0.2, 0) is 0 Å². The molecule has 0 radical (unpaired) electrons. The number of aromatic nitrogens is 1. The first kappa shape index (κ1) is 11.7. The molecule has 0 fully saturated rings. The monoisotopic (exact) mass is 248 g/mol. The Morgan fingerprint density at radius 3 is 2.76 bits per heavy atom. The summed E-state index contributed by atoms with van der Waals surface area (Å²) in [6, 6.07) is 5.30. The Kier molecular flexibility index (Phi) is 3.19. The average Bonchev–Trinajstić information content (AvgIpc) is 2.63. The van der Waals surface area contributed by atoms with Gasteiger partial charge in [-0.25, -0.2) is 4.98 Å². The van der Waals surface area contributed by atoms with Crippen molar-refractivity contribution >= 4 is 23.2 Å². The van der Waals surface area contributed by atoms with Crippen molar-refractivity contribution in [3.63, 3.8) is 0 Å². The number of nitrogens with zero attached hydrogens (tertiary/aromatic N) is 1. The average molecular weight is 248 g/mol. The fourth-order valence-corrected chi connectivity index (χ4v) is 2.21. The van der Waals surface area contributed by atoms with E-state index in [0.717, 1.165) is 10.6 Å². The van der Waals surface area contributed by atoms with Crippen molar-refractivity contribution < 1.29 is 9.21 Å². The van der Waals surface area contributed by atoms with Crippen LogP contribution in [-0.4, -0.2) is 10.8 Å². The van der Waals surface area contributed by atoms with Gasteiger partial charge in [0.25, 0.3) is 5.22 Å². The van der Waals surface area contributed by atoms with E-state index in [1.807, 2.05) is 13.0 Å². The molecule has 88 valence electrons. The Balaban J connectivity index is 2.23. The first-order chi connectivity index (χ1) is 8.06. The molecule has 17 heavy (non-hydrogen) atoms. The fourth-order valence-electron chi connectivity index (χ4n) is 1.40. The van der Waals surface area contributed by atoms with Crippen LogP contribution >= 0.6 is 11.8 Å². The number of hydrogen-bond acceptors (Lipinski definition) is 5. The number of rotatable bonds is 3. The predicted octanol–water partition coefficient (Wildman–Crippen LogP) is 2.92. The molecule has 1 aromatic heterocycles. The van der Waals surface area contributed by atoms with E-state index in [9.17, 15) is 4.79 Å². The van der Waals surface area contributed by atoms with Gasteiger partial charge in [0.15, 0.2) is 5.78 Å². The van der Waals surface area contributed by atoms with Crippen molar-refractivity contribution in [1.82, 2.24) is 4.98 Å². The molecule has 2 N–H and O–H groups in total. The van der Waals surface area contributed by atoms with Gasteiger partial charge in [0, 0.05) is 16.1 Å². The lowest BCUT2D eigenvalue weighted by molar-refractivity contribution is 0.101. The lowest BCUT2D eigenvalue weighted by Crippen LogP contribution is -1.99. The molecule has 1 aromatic carbocycles. The van der Waals surface area contributed by atoms with Crippen molar-refractivity contribution in [2.24, 2.45) is 0 Å². The van der Waals surface area contributed by atoms with Crippen LogP contribution in [0.25, 0.3) is 0 Å². The molecule has 0 aliphatic rings. The van der Waals surface area contributed by atoms with Gasteiger partial charge in [-0.05, 0) is 43.8 Å². The number of hydrogen-bond donors (Lipinski definition) is 1. The Hall–Kier alpha value is -1.75. The topological polar surface area (TPSA) is 69.1 Å². The zero-order valence-electron chi connectivity index (χ0n) is 9.56. The molecular weight excluding hydrogens is 236 g/mol. The molecular formula is C12H12N2O2S. The van der Waals surface area contributed by atoms with Crippen LogP contribution in [0.2, 0.25) is 0 Å². The summed E-state index contributed by atoms with van der Waals surface area (Å²) in [7, 11) is 0. The first-order valence-corrected chi connectivity index (χ1v) is 5.88. The Morgan fingerprint density at radius 1 is 1.47 bits per heavy atom. The van der Waals surface area contributed by atoms with Gasteiger partial charge in [-0.2, -0.15) is 0 Å². The number of nitrogens with two attached hydrogens (primary N) is 1. The van der Waals surface area contributed by atoms with Crippen LogP contribution in [0.5, 0.6) is 0 Å². The summed E-state index contributed by atoms with van der Waals surface area (Å²) in [4.78, 5) is 16.3. The highest BCUT2D eigenvalue weighted by molar-refractivity contribution is 7.99. The third-order valence-corrected chi connectivity index (χ3v) is 3.06. The van der Waals surface area contributed by atoms with Gasteiger partial charge in [-0.1, -0.05) is 0 Å². The summed E-state index contributed by atoms with van der Waals surface area (Å²) in [5, 5.41) is 0.567. The minimum absolute atomic E-state index is 0.0361. The summed E-state index contributed by atoms with van der Waals surface area (Å²) in [6.45, 7) is 3.36. The first-order valence-electron chi connectivity index (χ1n) is 5.06. The predicted molar refractivity (Wildman–Crippen MR) is 66.2 cm³/mol. The van der Waals surface area contributed by atoms with E-state index < -0.39 is 0 Å². The molecule has 4 nitrogen and oxygen atoms in total. The van der Waals surface area contributed by atoms with Crippen LogP contribution < -0.4 is 5.73 Å². The van der Waals surface area contributed by atoms with E-state index in [0.29, 0.717) is 16.5 Å². The highest BCUT2D eigenvalue weighted by Crippen LogP contribution is 2.29. The van der Waals surface area contributed by atoms with E-state index in [1.54, 1.807) is 18.4 Å². The van der Waals surface area contributed by atoms with E-state index in [1.165, 1.54) is 18.7 Å². The number of ketones is 1. The summed E-state index contributed by atoms with van der Waals surface area (Å²) in [6.07, 6.45) is 1.59. The summed E-state index contributed by atoms with van der Waals surface area (Å²) < 4.78 is 5.23. The van der Waals surface area contributed by atoms with Crippen molar-refractivity contribution in [1.29, 1.82) is 0 Å². The zero-order valence-corrected chi connectivity index (χ0v) is 10.4. The number of benzene rings is 1. The molecule has 5 heteroatoms. The Morgan fingerprint density at radius 2 is 2.24 bits per heavy atom. The molecule has 0 saturated heterocycles. The highest BCUT2D eigenvalue weighted by atomic mass is 32.2. The Labute approximate surface area is 103 Å². The van der Waals surface area contributed by atoms with Crippen LogP contribution in [0, 0.1) is 6.92 Å². The van der Waals surface area contributed by atoms with Crippen LogP contribution in [0.4, 0.5) is 5.69 Å². The van der Waals surface area contributed by atoms with Gasteiger partial charge in [0.2, 0.25) is 0 Å². The molecule has 0 amide bonds. The number of carbonyl (C=O) groups is 1. The quantitative estimate of drug-likeness (QED) is 0.668. The highest BCUT2D eigenvalue weighted by Gasteiger charge is 2.08. The van der Waals surface area contributed by atoms with Gasteiger partial charge in [-0.15, -0.1) is 0 Å². The van der Waals surface area contributed by atoms with Crippen LogP contribution in [0.15, 0.2) is 39.0 Å². The number of aryl methyl sites for hydroxylation is 1. The van der Waals surface area contributed by atoms with Crippen molar-refractivity contribution in [2.75, 3.05) is 5.73 Å². The molecule has 0 saturated carbocycles. The van der Waals surface area contributed by atoms with Gasteiger partial charge < -0.3 is 10.2 Å². The number of Topliss-reactive ketones (excluding diaryl/α,β-unsaturated/α-hetero) is 1. The maximum absolute atomic E-state index is 11.2. The normalized spacial score (nSPS) is 10.5. The standard InChI is InChI=1S/C12H12N2O2S/c1-7-6-16-12(14-7)17-9-3-4-10(8(2)15)11(13)5-9/h3-6H,13H2,1-2H3. The van der Waals surface area contributed by atoms with E-state index >= 15 is 0 Å². The molecule has 0 spiro atoms. The summed E-state index contributed by atoms with van der Waals surface area (Å²) in [5.74, 6) is -0.0361. The smallest absolute Gasteiger partial charge is 0.260 e. The number of carbonyl (C=O) groups excluding carboxylic acids is 1. The van der Waals surface area contributed by atoms with Crippen molar-refractivity contribution in [3.05, 3.63) is 35.7 Å². The van der Waals surface area contributed by atoms with E-state index in [4.69, 9.17) is 10.2 Å². The molecule has 0 bridgehead atoms. The second-order valence-corrected chi connectivity index (χ2v) is 4.69. The molecule has 0 atom stereocenters. The second-order valence-electron chi connectivity index (χ2n) is 3.66. The number of oxazole rings is 1. The fraction of sp³-hybridized carbons (Fsp3) is 0.167. The van der Waals surface area contributed by atoms with Crippen LogP contribution in [0.3, 0.4) is 0 Å². The minimum Gasteiger partial charge on any atom is -0.439 e. The largest absolute Gasteiger partial charge is 0.439 e. The molecule has 0 unspecified atom stereocenters. The number of nitrogen functional groups attached to an aromatic ring is 1. The number of anilines is 1. The van der Waals surface area contributed by atoms with Gasteiger partial charge >= 0.3 is 0 Å². The van der Waals surface area contributed by atoms with Crippen molar-refractivity contribution in [3.8, 4) is 0 Å². The zero-order chi connectivity index (χ0) is 12.4. The maximum atomic E-state index is 11.2. The third kappa shape index (κ3) is 2.68. The van der Waals surface area contributed by atoms with Crippen molar-refractivity contribution in [2.45, 2.75) is 24.0 Å². The van der Waals surface area contributed by atoms with Gasteiger partial charge in [0.05, 0.1) is 5.69 Å². The molecule has 0 aliphatic heterocycles. The lowest BCUT2D eigenvalue weighted by Gasteiger charge is -2.03. The van der Waals surface area contributed by atoms with Gasteiger partial charge in [-0.3, -0.25) is 4.79 Å². The molecule has 2 aromatic rings. The second kappa shape index (κ2) is 4.63. The Bertz CT molecular complexity index is 563. The SMILES string of the molecule is CC(=O)c1ccc(Sc2nc(C)co2)cc1N.